The van der Waals surface area contributed by atoms with Crippen LogP contribution in [0.25, 0.3) is 10.8 Å². The van der Waals surface area contributed by atoms with Crippen LogP contribution in [0.3, 0.4) is 0 Å². The number of nitrogens with zero attached hydrogens (tertiary/aromatic N) is 1. The topological polar surface area (TPSA) is 131 Å². The number of anilines is 1. The number of carbonyl (C=O) groups is 4. The molecule has 0 aliphatic heterocycles. The van der Waals surface area contributed by atoms with Crippen LogP contribution in [0.2, 0.25) is 0 Å². The summed E-state index contributed by atoms with van der Waals surface area (Å²) in [6, 6.07) is 18.0. The van der Waals surface area contributed by atoms with Crippen LogP contribution in [0.15, 0.2) is 66.7 Å². The van der Waals surface area contributed by atoms with Crippen molar-refractivity contribution in [1.29, 1.82) is 0 Å². The lowest BCUT2D eigenvalue weighted by Crippen LogP contribution is -2.56. The second kappa shape index (κ2) is 14.9. The zero-order valence-corrected chi connectivity index (χ0v) is 26.8. The fourth-order valence-electron chi connectivity index (χ4n) is 5.13. The first kappa shape index (κ1) is 34.1. The molecule has 0 aliphatic rings. The summed E-state index contributed by atoms with van der Waals surface area (Å²) in [6.07, 6.45) is 0.0562. The lowest BCUT2D eigenvalue weighted by atomic mass is 9.94. The van der Waals surface area contributed by atoms with Crippen molar-refractivity contribution in [1.82, 2.24) is 10.2 Å². The van der Waals surface area contributed by atoms with Crippen molar-refractivity contribution in [2.45, 2.75) is 91.5 Å². The molecule has 4 N–H and O–H groups in total. The molecule has 0 heterocycles. The van der Waals surface area contributed by atoms with E-state index in [9.17, 15) is 19.2 Å². The van der Waals surface area contributed by atoms with Gasteiger partial charge in [-0.3, -0.25) is 14.4 Å². The highest BCUT2D eigenvalue weighted by molar-refractivity contribution is 6.01. The van der Waals surface area contributed by atoms with Gasteiger partial charge in [0.05, 0.1) is 6.42 Å². The maximum absolute atomic E-state index is 14.5. The molecule has 9 nitrogen and oxygen atoms in total. The summed E-state index contributed by atoms with van der Waals surface area (Å²) in [6.45, 7) is 13.0. The molecule has 0 saturated heterocycles. The number of benzene rings is 3. The highest BCUT2D eigenvalue weighted by Crippen LogP contribution is 2.31. The minimum atomic E-state index is -1.34. The first-order valence-electron chi connectivity index (χ1n) is 15.1. The van der Waals surface area contributed by atoms with Crippen molar-refractivity contribution >= 4 is 40.3 Å². The molecule has 0 radical (unpaired) electrons. The van der Waals surface area contributed by atoms with Crippen LogP contribution < -0.4 is 16.4 Å². The van der Waals surface area contributed by atoms with Crippen molar-refractivity contribution in [3.8, 4) is 0 Å². The predicted octanol–water partition coefficient (Wildman–Crippen LogP) is 6.25. The fraction of sp³-hybridized carbons (Fsp3) is 0.429. The highest BCUT2D eigenvalue weighted by atomic mass is 16.6. The molecule has 0 aromatic heterocycles. The van der Waals surface area contributed by atoms with E-state index >= 15 is 0 Å². The van der Waals surface area contributed by atoms with Crippen LogP contribution in [-0.2, 0) is 19.1 Å². The van der Waals surface area contributed by atoms with Crippen molar-refractivity contribution < 1.29 is 23.9 Å². The molecule has 236 valence electrons. The van der Waals surface area contributed by atoms with E-state index in [1.54, 1.807) is 20.8 Å². The standard InChI is InChI=1S/C35H46N4O5/c1-22(2)16-17-24(4)39(33(42)29(21-30(36)40)38-34(43)44-35(5,6)7)31(28-15-11-8-12-23(28)3)32(41)37-27-19-18-25-13-9-10-14-26(25)20-27/h8-15,18-20,22,24,29,31H,16-17,21H2,1-7H3,(H2,36,40)(H,37,41)(H,38,43). The summed E-state index contributed by atoms with van der Waals surface area (Å²) in [5.74, 6) is -1.46. The third kappa shape index (κ3) is 9.56. The summed E-state index contributed by atoms with van der Waals surface area (Å²) >= 11 is 0. The van der Waals surface area contributed by atoms with Crippen LogP contribution in [-0.4, -0.2) is 46.4 Å². The molecule has 0 bridgehead atoms. The van der Waals surface area contributed by atoms with Gasteiger partial charge in [-0.15, -0.1) is 0 Å². The summed E-state index contributed by atoms with van der Waals surface area (Å²) in [5.41, 5.74) is 6.73. The molecule has 9 heteroatoms. The Morgan fingerprint density at radius 1 is 0.886 bits per heavy atom. The van der Waals surface area contributed by atoms with Gasteiger partial charge in [-0.2, -0.15) is 0 Å². The Bertz CT molecular complexity index is 1480. The number of aryl methyl sites for hydroxylation is 1. The van der Waals surface area contributed by atoms with E-state index in [-0.39, 0.29) is 0 Å². The molecule has 0 fully saturated rings. The van der Waals surface area contributed by atoms with Gasteiger partial charge in [-0.1, -0.05) is 68.4 Å². The number of nitrogens with two attached hydrogens (primary N) is 1. The first-order valence-corrected chi connectivity index (χ1v) is 15.1. The number of ether oxygens (including phenoxy) is 1. The molecule has 3 aromatic carbocycles. The molecule has 0 aliphatic carbocycles. The van der Waals surface area contributed by atoms with E-state index < -0.39 is 54.0 Å². The first-order chi connectivity index (χ1) is 20.7. The minimum Gasteiger partial charge on any atom is -0.444 e. The number of carbonyl (C=O) groups excluding carboxylic acids is 4. The SMILES string of the molecule is Cc1ccccc1C(C(=O)Nc1ccc2ccccc2c1)N(C(=O)C(CC(N)=O)NC(=O)OC(C)(C)C)C(C)CCC(C)C. The Kier molecular flexibility index (Phi) is 11.5. The molecule has 3 aromatic rings. The van der Waals surface area contributed by atoms with Crippen LogP contribution >= 0.6 is 0 Å². The molecule has 44 heavy (non-hydrogen) atoms. The van der Waals surface area contributed by atoms with Crippen LogP contribution in [0.4, 0.5) is 10.5 Å². The molecule has 3 rings (SSSR count). The van der Waals surface area contributed by atoms with Gasteiger partial charge in [-0.05, 0) is 87.4 Å². The predicted molar refractivity (Wildman–Crippen MR) is 174 cm³/mol. The van der Waals surface area contributed by atoms with Crippen LogP contribution in [0, 0.1) is 12.8 Å². The summed E-state index contributed by atoms with van der Waals surface area (Å²) in [4.78, 5) is 55.3. The lowest BCUT2D eigenvalue weighted by molar-refractivity contribution is -0.144. The van der Waals surface area contributed by atoms with Gasteiger partial charge in [0.25, 0.3) is 5.91 Å². The molecule has 0 saturated carbocycles. The zero-order chi connectivity index (χ0) is 32.6. The van der Waals surface area contributed by atoms with E-state index in [4.69, 9.17) is 10.5 Å². The summed E-state index contributed by atoms with van der Waals surface area (Å²) in [7, 11) is 0. The third-order valence-electron chi connectivity index (χ3n) is 7.31. The molecular weight excluding hydrogens is 556 g/mol. The largest absolute Gasteiger partial charge is 0.444 e. The Labute approximate surface area is 260 Å². The zero-order valence-electron chi connectivity index (χ0n) is 26.8. The Balaban J connectivity index is 2.11. The maximum atomic E-state index is 14.5. The Hall–Kier alpha value is -4.40. The average molecular weight is 603 g/mol. The fourth-order valence-corrected chi connectivity index (χ4v) is 5.13. The van der Waals surface area contributed by atoms with E-state index in [0.29, 0.717) is 23.6 Å². The molecule has 3 atom stereocenters. The van der Waals surface area contributed by atoms with Crippen LogP contribution in [0.5, 0.6) is 0 Å². The van der Waals surface area contributed by atoms with Gasteiger partial charge in [0.1, 0.15) is 17.7 Å². The molecule has 4 amide bonds. The molecule has 3 unspecified atom stereocenters. The summed E-state index contributed by atoms with van der Waals surface area (Å²) < 4.78 is 5.39. The van der Waals surface area contributed by atoms with E-state index in [2.05, 4.69) is 24.5 Å². The third-order valence-corrected chi connectivity index (χ3v) is 7.31. The van der Waals surface area contributed by atoms with Gasteiger partial charge >= 0.3 is 6.09 Å². The monoisotopic (exact) mass is 602 g/mol. The number of primary amides is 1. The maximum Gasteiger partial charge on any atom is 0.408 e. The second-order valence-electron chi connectivity index (χ2n) is 12.7. The lowest BCUT2D eigenvalue weighted by Gasteiger charge is -2.39. The van der Waals surface area contributed by atoms with Crippen molar-refractivity contribution in [2.24, 2.45) is 11.7 Å². The molecule has 0 spiro atoms. The van der Waals surface area contributed by atoms with Gasteiger partial charge < -0.3 is 26.0 Å². The van der Waals surface area contributed by atoms with E-state index in [0.717, 1.165) is 22.8 Å². The van der Waals surface area contributed by atoms with Gasteiger partial charge in [0.15, 0.2) is 0 Å². The quantitative estimate of drug-likeness (QED) is 0.226. The van der Waals surface area contributed by atoms with E-state index in [1.807, 2.05) is 80.6 Å². The van der Waals surface area contributed by atoms with Crippen molar-refractivity contribution in [3.05, 3.63) is 77.9 Å². The Morgan fingerprint density at radius 2 is 1.52 bits per heavy atom. The number of amides is 4. The number of hydrogen-bond donors (Lipinski definition) is 3. The number of rotatable bonds is 12. The Morgan fingerprint density at radius 3 is 2.14 bits per heavy atom. The van der Waals surface area contributed by atoms with Gasteiger partial charge in [0.2, 0.25) is 11.8 Å². The van der Waals surface area contributed by atoms with Crippen molar-refractivity contribution in [2.75, 3.05) is 5.32 Å². The number of hydrogen-bond acceptors (Lipinski definition) is 5. The van der Waals surface area contributed by atoms with Gasteiger partial charge in [-0.25, -0.2) is 4.79 Å². The molecular formula is C35H46N4O5. The number of fused-ring (bicyclic) bond motifs is 1. The van der Waals surface area contributed by atoms with Crippen LogP contribution in [0.1, 0.15) is 78.0 Å². The smallest absolute Gasteiger partial charge is 0.408 e. The normalized spacial score (nSPS) is 13.5. The average Bonchev–Trinajstić information content (AvgIpc) is 2.93. The van der Waals surface area contributed by atoms with Crippen molar-refractivity contribution in [3.63, 3.8) is 0 Å². The number of nitrogens with one attached hydrogen (secondary N) is 2. The second-order valence-corrected chi connectivity index (χ2v) is 12.7. The van der Waals surface area contributed by atoms with E-state index in [1.165, 1.54) is 4.90 Å². The van der Waals surface area contributed by atoms with Gasteiger partial charge in [0, 0.05) is 11.7 Å². The number of alkyl carbamates (subject to hydrolysis) is 1. The summed E-state index contributed by atoms with van der Waals surface area (Å²) in [5, 5.41) is 7.57. The highest BCUT2D eigenvalue weighted by Gasteiger charge is 2.40. The minimum absolute atomic E-state index is 0.346.